The van der Waals surface area contributed by atoms with Gasteiger partial charge in [0.2, 0.25) is 0 Å². The number of aryl methyl sites for hydroxylation is 2. The number of nitrogen functional groups attached to an aromatic ring is 1. The minimum absolute atomic E-state index is 0.0777. The van der Waals surface area contributed by atoms with Crippen LogP contribution in [0.15, 0.2) is 12.5 Å². The van der Waals surface area contributed by atoms with Crippen LogP contribution in [0.4, 0.5) is 5.69 Å². The molecule has 0 aliphatic carbocycles. The number of methoxy groups -OCH3 is 1. The van der Waals surface area contributed by atoms with Gasteiger partial charge in [0.1, 0.15) is 11.2 Å². The molecule has 7 nitrogen and oxygen atoms in total. The zero-order valence-corrected chi connectivity index (χ0v) is 12.6. The molecule has 21 heavy (non-hydrogen) atoms. The van der Waals surface area contributed by atoms with E-state index in [0.29, 0.717) is 5.82 Å². The highest BCUT2D eigenvalue weighted by Gasteiger charge is 2.19. The van der Waals surface area contributed by atoms with Crippen molar-refractivity contribution in [2.24, 2.45) is 0 Å². The molecule has 3 heterocycles. The predicted octanol–water partition coefficient (Wildman–Crippen LogP) is 1.86. The van der Waals surface area contributed by atoms with Crippen LogP contribution in [0.25, 0.3) is 16.0 Å². The first-order chi connectivity index (χ1) is 10.0. The van der Waals surface area contributed by atoms with E-state index in [1.54, 1.807) is 17.5 Å². The van der Waals surface area contributed by atoms with Crippen LogP contribution >= 0.6 is 11.3 Å². The van der Waals surface area contributed by atoms with Crippen LogP contribution in [0.1, 0.15) is 20.9 Å². The van der Waals surface area contributed by atoms with Gasteiger partial charge < -0.3 is 10.5 Å². The van der Waals surface area contributed by atoms with Crippen molar-refractivity contribution in [1.82, 2.24) is 19.7 Å². The zero-order chi connectivity index (χ0) is 15.1. The van der Waals surface area contributed by atoms with Crippen LogP contribution in [0, 0.1) is 13.8 Å². The van der Waals surface area contributed by atoms with E-state index in [2.05, 4.69) is 19.8 Å². The maximum atomic E-state index is 11.6. The molecular formula is C13H13N5O2S. The summed E-state index contributed by atoms with van der Waals surface area (Å²) < 4.78 is 6.15. The molecule has 0 aliphatic heterocycles. The summed E-state index contributed by atoms with van der Waals surface area (Å²) in [5, 5.41) is 5.10. The summed E-state index contributed by atoms with van der Waals surface area (Å²) in [5.41, 5.74) is 7.24. The second kappa shape index (κ2) is 4.81. The van der Waals surface area contributed by atoms with E-state index in [0.717, 1.165) is 15.8 Å². The van der Waals surface area contributed by atoms with Gasteiger partial charge in [-0.2, -0.15) is 5.10 Å². The number of ether oxygens (including phenoxy) is 1. The summed E-state index contributed by atoms with van der Waals surface area (Å²) in [6, 6.07) is 0. The maximum Gasteiger partial charge on any atom is 0.360 e. The van der Waals surface area contributed by atoms with Gasteiger partial charge in [0.15, 0.2) is 11.5 Å². The number of nitrogens with zero attached hydrogens (tertiary/aromatic N) is 4. The second-order valence-corrected chi connectivity index (χ2v) is 5.73. The molecule has 3 rings (SSSR count). The lowest BCUT2D eigenvalue weighted by atomic mass is 10.2. The van der Waals surface area contributed by atoms with Crippen molar-refractivity contribution in [3.8, 4) is 5.82 Å². The second-order valence-electron chi connectivity index (χ2n) is 4.53. The molecule has 3 aromatic rings. The third kappa shape index (κ3) is 2.04. The minimum atomic E-state index is -0.574. The Bertz CT molecular complexity index is 852. The van der Waals surface area contributed by atoms with Crippen molar-refractivity contribution in [3.63, 3.8) is 0 Å². The minimum Gasteiger partial charge on any atom is -0.464 e. The molecule has 0 fully saturated rings. The van der Waals surface area contributed by atoms with E-state index >= 15 is 0 Å². The fourth-order valence-electron chi connectivity index (χ4n) is 2.09. The Morgan fingerprint density at radius 3 is 2.86 bits per heavy atom. The van der Waals surface area contributed by atoms with E-state index < -0.39 is 5.97 Å². The quantitative estimate of drug-likeness (QED) is 0.726. The molecule has 0 bridgehead atoms. The van der Waals surface area contributed by atoms with Gasteiger partial charge in [-0.25, -0.2) is 19.4 Å². The monoisotopic (exact) mass is 303 g/mol. The molecule has 8 heteroatoms. The standard InChI is InChI=1S/C13H13N5O2S/c1-6-7(2)21-12-9(6)11(15-5-16-12)18-4-8(14)10(17-18)13(19)20-3/h4-5H,14H2,1-3H3. The maximum absolute atomic E-state index is 11.6. The number of carbonyl (C=O) groups is 1. The van der Waals surface area contributed by atoms with Gasteiger partial charge in [0.05, 0.1) is 24.4 Å². The van der Waals surface area contributed by atoms with Crippen molar-refractivity contribution in [2.45, 2.75) is 13.8 Å². The number of esters is 1. The lowest BCUT2D eigenvalue weighted by Crippen LogP contribution is -2.06. The first kappa shape index (κ1) is 13.5. The summed E-state index contributed by atoms with van der Waals surface area (Å²) in [6.07, 6.45) is 3.03. The first-order valence-electron chi connectivity index (χ1n) is 6.17. The van der Waals surface area contributed by atoms with Gasteiger partial charge >= 0.3 is 5.97 Å². The number of fused-ring (bicyclic) bond motifs is 1. The number of hydrogen-bond donors (Lipinski definition) is 1. The lowest BCUT2D eigenvalue weighted by molar-refractivity contribution is 0.0594. The van der Waals surface area contributed by atoms with Crippen LogP contribution in [-0.4, -0.2) is 32.8 Å². The Hall–Kier alpha value is -2.48. The number of rotatable bonds is 2. The van der Waals surface area contributed by atoms with Crippen molar-refractivity contribution >= 4 is 33.2 Å². The van der Waals surface area contributed by atoms with Crippen LogP contribution in [0.5, 0.6) is 0 Å². The summed E-state index contributed by atoms with van der Waals surface area (Å²) in [5.74, 6) is 0.0264. The lowest BCUT2D eigenvalue weighted by Gasteiger charge is -2.02. The Kier molecular flexibility index (Phi) is 3.09. The molecular weight excluding hydrogens is 290 g/mol. The number of nitrogens with two attached hydrogens (primary N) is 1. The molecule has 0 aliphatic rings. The summed E-state index contributed by atoms with van der Waals surface area (Å²) in [7, 11) is 1.29. The number of aromatic nitrogens is 4. The smallest absolute Gasteiger partial charge is 0.360 e. The largest absolute Gasteiger partial charge is 0.464 e. The van der Waals surface area contributed by atoms with Crippen molar-refractivity contribution in [2.75, 3.05) is 12.8 Å². The van der Waals surface area contributed by atoms with Gasteiger partial charge in [-0.05, 0) is 19.4 Å². The molecule has 0 saturated carbocycles. The third-order valence-electron chi connectivity index (χ3n) is 3.28. The Labute approximate surface area is 124 Å². The highest BCUT2D eigenvalue weighted by atomic mass is 32.1. The molecule has 0 radical (unpaired) electrons. The average Bonchev–Trinajstić information content (AvgIpc) is 2.99. The van der Waals surface area contributed by atoms with Gasteiger partial charge in [-0.15, -0.1) is 11.3 Å². The van der Waals surface area contributed by atoms with E-state index in [4.69, 9.17) is 5.73 Å². The highest BCUT2D eigenvalue weighted by molar-refractivity contribution is 7.18. The van der Waals surface area contributed by atoms with Crippen LogP contribution in [0.2, 0.25) is 0 Å². The highest BCUT2D eigenvalue weighted by Crippen LogP contribution is 2.31. The summed E-state index contributed by atoms with van der Waals surface area (Å²) >= 11 is 1.59. The number of carbonyl (C=O) groups excluding carboxylic acids is 1. The van der Waals surface area contributed by atoms with Crippen molar-refractivity contribution in [3.05, 3.63) is 28.7 Å². The van der Waals surface area contributed by atoms with E-state index in [9.17, 15) is 4.79 Å². The molecule has 0 spiro atoms. The molecule has 108 valence electrons. The van der Waals surface area contributed by atoms with Crippen LogP contribution < -0.4 is 5.73 Å². The van der Waals surface area contributed by atoms with E-state index in [1.165, 1.54) is 23.0 Å². The molecule has 0 amide bonds. The fraction of sp³-hybridized carbons (Fsp3) is 0.231. The molecule has 0 atom stereocenters. The Morgan fingerprint density at radius 2 is 2.14 bits per heavy atom. The van der Waals surface area contributed by atoms with Crippen LogP contribution in [0.3, 0.4) is 0 Å². The van der Waals surface area contributed by atoms with Crippen LogP contribution in [-0.2, 0) is 4.74 Å². The normalized spacial score (nSPS) is 11.0. The molecule has 0 unspecified atom stereocenters. The Morgan fingerprint density at radius 1 is 1.38 bits per heavy atom. The van der Waals surface area contributed by atoms with Gasteiger partial charge in [-0.3, -0.25) is 0 Å². The number of hydrogen-bond acceptors (Lipinski definition) is 7. The SMILES string of the molecule is COC(=O)c1nn(-c2ncnc3sc(C)c(C)c23)cc1N. The van der Waals surface area contributed by atoms with Crippen molar-refractivity contribution < 1.29 is 9.53 Å². The van der Waals surface area contributed by atoms with E-state index in [1.807, 2.05) is 13.8 Å². The van der Waals surface area contributed by atoms with Gasteiger partial charge in [-0.1, -0.05) is 0 Å². The van der Waals surface area contributed by atoms with Gasteiger partial charge in [0.25, 0.3) is 0 Å². The van der Waals surface area contributed by atoms with Crippen molar-refractivity contribution in [1.29, 1.82) is 0 Å². The zero-order valence-electron chi connectivity index (χ0n) is 11.7. The summed E-state index contributed by atoms with van der Waals surface area (Å²) in [6.45, 7) is 4.04. The average molecular weight is 303 g/mol. The molecule has 2 N–H and O–H groups in total. The summed E-state index contributed by atoms with van der Waals surface area (Å²) in [4.78, 5) is 22.2. The topological polar surface area (TPSA) is 95.9 Å². The van der Waals surface area contributed by atoms with Gasteiger partial charge in [0, 0.05) is 4.88 Å². The third-order valence-corrected chi connectivity index (χ3v) is 4.40. The first-order valence-corrected chi connectivity index (χ1v) is 6.99. The molecule has 0 aromatic carbocycles. The molecule has 0 saturated heterocycles. The predicted molar refractivity (Wildman–Crippen MR) is 79.8 cm³/mol. The molecule has 3 aromatic heterocycles. The van der Waals surface area contributed by atoms with E-state index in [-0.39, 0.29) is 11.4 Å². The fourth-order valence-corrected chi connectivity index (χ4v) is 3.08. The number of anilines is 1. The number of thiophene rings is 1. The Balaban J connectivity index is 2.24.